The Balaban J connectivity index is 2.26. The molecule has 2 N–H and O–H groups in total. The maximum absolute atomic E-state index is 10.8. The van der Waals surface area contributed by atoms with Gasteiger partial charge in [-0.15, -0.1) is 0 Å². The summed E-state index contributed by atoms with van der Waals surface area (Å²) < 4.78 is 5.55. The van der Waals surface area contributed by atoms with Gasteiger partial charge in [-0.25, -0.2) is 0 Å². The lowest BCUT2D eigenvalue weighted by molar-refractivity contribution is -0.119. The van der Waals surface area contributed by atoms with Gasteiger partial charge in [0.1, 0.15) is 5.75 Å². The summed E-state index contributed by atoms with van der Waals surface area (Å²) in [4.78, 5) is 12.8. The first-order valence-electron chi connectivity index (χ1n) is 6.29. The Labute approximate surface area is 113 Å². The molecule has 0 heterocycles. The normalized spacial score (nSPS) is 10.2. The van der Waals surface area contributed by atoms with Gasteiger partial charge in [0.05, 0.1) is 24.8 Å². The lowest BCUT2D eigenvalue weighted by atomic mass is 10.2. The molecule has 0 unspecified atom stereocenters. The van der Waals surface area contributed by atoms with E-state index in [4.69, 9.17) is 15.7 Å². The van der Waals surface area contributed by atoms with Crippen LogP contribution < -0.4 is 10.5 Å². The number of nitriles is 1. The van der Waals surface area contributed by atoms with E-state index in [2.05, 4.69) is 6.07 Å². The van der Waals surface area contributed by atoms with Gasteiger partial charge in [-0.1, -0.05) is 6.92 Å². The summed E-state index contributed by atoms with van der Waals surface area (Å²) in [7, 11) is 0. The number of carbonyl (C=O) groups is 1. The summed E-state index contributed by atoms with van der Waals surface area (Å²) in [5.41, 5.74) is 5.77. The van der Waals surface area contributed by atoms with Gasteiger partial charge in [-0.2, -0.15) is 5.26 Å². The Morgan fingerprint density at radius 2 is 2.11 bits per heavy atom. The predicted octanol–water partition coefficient (Wildman–Crippen LogP) is 1.13. The van der Waals surface area contributed by atoms with Crippen molar-refractivity contribution in [2.45, 2.75) is 13.3 Å². The third-order valence-electron chi connectivity index (χ3n) is 2.70. The topological polar surface area (TPSA) is 79.3 Å². The van der Waals surface area contributed by atoms with E-state index in [1.54, 1.807) is 24.3 Å². The number of hydrogen-bond donors (Lipinski definition) is 1. The molecule has 0 aromatic heterocycles. The molecule has 0 fully saturated rings. The zero-order chi connectivity index (χ0) is 14.1. The number of nitrogens with two attached hydrogens (primary N) is 1. The van der Waals surface area contributed by atoms with E-state index in [9.17, 15) is 4.79 Å². The van der Waals surface area contributed by atoms with Gasteiger partial charge in [0.15, 0.2) is 0 Å². The highest BCUT2D eigenvalue weighted by molar-refractivity contribution is 5.75. The molecule has 102 valence electrons. The maximum atomic E-state index is 10.8. The fourth-order valence-electron chi connectivity index (χ4n) is 1.67. The molecule has 0 atom stereocenters. The van der Waals surface area contributed by atoms with Gasteiger partial charge >= 0.3 is 0 Å². The van der Waals surface area contributed by atoms with Crippen LogP contribution in [-0.4, -0.2) is 37.0 Å². The van der Waals surface area contributed by atoms with Crippen LogP contribution in [0.15, 0.2) is 24.3 Å². The van der Waals surface area contributed by atoms with E-state index in [0.29, 0.717) is 12.2 Å². The first-order chi connectivity index (χ1) is 9.15. The molecule has 0 spiro atoms. The second-order valence-corrected chi connectivity index (χ2v) is 4.17. The van der Waals surface area contributed by atoms with E-state index in [1.807, 2.05) is 11.8 Å². The fraction of sp³-hybridized carbons (Fsp3) is 0.429. The molecular formula is C14H19N3O2. The van der Waals surface area contributed by atoms with Gasteiger partial charge in [0, 0.05) is 6.54 Å². The van der Waals surface area contributed by atoms with Crippen molar-refractivity contribution in [1.29, 1.82) is 5.26 Å². The highest BCUT2D eigenvalue weighted by Crippen LogP contribution is 2.11. The van der Waals surface area contributed by atoms with Crippen LogP contribution in [0.5, 0.6) is 5.75 Å². The largest absolute Gasteiger partial charge is 0.494 e. The summed E-state index contributed by atoms with van der Waals surface area (Å²) in [6.45, 7) is 4.41. The quantitative estimate of drug-likeness (QED) is 0.711. The van der Waals surface area contributed by atoms with E-state index in [0.717, 1.165) is 25.3 Å². The summed E-state index contributed by atoms with van der Waals surface area (Å²) >= 11 is 0. The number of likely N-dealkylation sites (N-methyl/N-ethyl adjacent to an activating group) is 1. The van der Waals surface area contributed by atoms with E-state index < -0.39 is 0 Å². The molecule has 5 heteroatoms. The van der Waals surface area contributed by atoms with Crippen molar-refractivity contribution in [1.82, 2.24) is 4.90 Å². The minimum atomic E-state index is -0.310. The van der Waals surface area contributed by atoms with Crippen molar-refractivity contribution >= 4 is 5.91 Å². The van der Waals surface area contributed by atoms with Gasteiger partial charge in [-0.05, 0) is 37.2 Å². The second-order valence-electron chi connectivity index (χ2n) is 4.17. The highest BCUT2D eigenvalue weighted by Gasteiger charge is 2.05. The third-order valence-corrected chi connectivity index (χ3v) is 2.70. The van der Waals surface area contributed by atoms with Gasteiger partial charge in [0.2, 0.25) is 5.91 Å². The molecule has 0 radical (unpaired) electrons. The number of benzene rings is 1. The van der Waals surface area contributed by atoms with Gasteiger partial charge < -0.3 is 10.5 Å². The van der Waals surface area contributed by atoms with Crippen LogP contribution in [0.1, 0.15) is 18.9 Å². The molecule has 1 aromatic rings. The Morgan fingerprint density at radius 3 is 2.63 bits per heavy atom. The van der Waals surface area contributed by atoms with Crippen LogP contribution in [-0.2, 0) is 4.79 Å². The number of carbonyl (C=O) groups excluding carboxylic acids is 1. The zero-order valence-corrected chi connectivity index (χ0v) is 11.1. The monoisotopic (exact) mass is 261 g/mol. The van der Waals surface area contributed by atoms with Crippen molar-refractivity contribution in [3.8, 4) is 11.8 Å². The minimum absolute atomic E-state index is 0.285. The Hall–Kier alpha value is -2.06. The van der Waals surface area contributed by atoms with Crippen molar-refractivity contribution in [3.05, 3.63) is 29.8 Å². The van der Waals surface area contributed by atoms with Crippen LogP contribution in [0.3, 0.4) is 0 Å². The number of rotatable bonds is 8. The van der Waals surface area contributed by atoms with E-state index in [1.165, 1.54) is 0 Å². The molecule has 0 saturated carbocycles. The number of amides is 1. The molecule has 19 heavy (non-hydrogen) atoms. The van der Waals surface area contributed by atoms with Crippen molar-refractivity contribution < 1.29 is 9.53 Å². The molecular weight excluding hydrogens is 242 g/mol. The lowest BCUT2D eigenvalue weighted by Crippen LogP contribution is -2.34. The molecule has 0 saturated heterocycles. The van der Waals surface area contributed by atoms with Gasteiger partial charge in [-0.3, -0.25) is 9.69 Å². The summed E-state index contributed by atoms with van der Waals surface area (Å²) in [6, 6.07) is 9.06. The maximum Gasteiger partial charge on any atom is 0.231 e. The summed E-state index contributed by atoms with van der Waals surface area (Å²) in [5, 5.41) is 8.67. The number of ether oxygens (including phenoxy) is 1. The molecule has 1 amide bonds. The number of hydrogen-bond acceptors (Lipinski definition) is 4. The average molecular weight is 261 g/mol. The first kappa shape index (κ1) is 15.0. The zero-order valence-electron chi connectivity index (χ0n) is 11.1. The molecule has 0 aliphatic carbocycles. The standard InChI is InChI=1S/C14H19N3O2/c1-2-17(11-14(16)18)8-3-9-19-13-6-4-12(10-15)5-7-13/h4-7H,2-3,8-9,11H2,1H3,(H2,16,18). The van der Waals surface area contributed by atoms with Crippen LogP contribution in [0.2, 0.25) is 0 Å². The minimum Gasteiger partial charge on any atom is -0.494 e. The Bertz CT molecular complexity index is 437. The highest BCUT2D eigenvalue weighted by atomic mass is 16.5. The number of nitrogens with zero attached hydrogens (tertiary/aromatic N) is 2. The fourth-order valence-corrected chi connectivity index (χ4v) is 1.67. The van der Waals surface area contributed by atoms with Crippen LogP contribution in [0, 0.1) is 11.3 Å². The smallest absolute Gasteiger partial charge is 0.231 e. The summed E-state index contributed by atoms with van der Waals surface area (Å²) in [5.74, 6) is 0.437. The molecule has 0 aliphatic rings. The Kier molecular flexibility index (Phi) is 6.41. The van der Waals surface area contributed by atoms with Crippen LogP contribution >= 0.6 is 0 Å². The van der Waals surface area contributed by atoms with Crippen molar-refractivity contribution in [3.63, 3.8) is 0 Å². The van der Waals surface area contributed by atoms with E-state index in [-0.39, 0.29) is 12.5 Å². The molecule has 0 aliphatic heterocycles. The van der Waals surface area contributed by atoms with E-state index >= 15 is 0 Å². The van der Waals surface area contributed by atoms with Crippen LogP contribution in [0.4, 0.5) is 0 Å². The lowest BCUT2D eigenvalue weighted by Gasteiger charge is -2.18. The molecule has 1 aromatic carbocycles. The number of primary amides is 1. The third kappa shape index (κ3) is 5.89. The molecule has 1 rings (SSSR count). The molecule has 0 bridgehead atoms. The molecule has 5 nitrogen and oxygen atoms in total. The average Bonchev–Trinajstić information content (AvgIpc) is 2.42. The SMILES string of the molecule is CCN(CCCOc1ccc(C#N)cc1)CC(N)=O. The van der Waals surface area contributed by atoms with Crippen molar-refractivity contribution in [2.24, 2.45) is 5.73 Å². The second kappa shape index (κ2) is 8.11. The van der Waals surface area contributed by atoms with Gasteiger partial charge in [0.25, 0.3) is 0 Å². The first-order valence-corrected chi connectivity index (χ1v) is 6.29. The summed E-state index contributed by atoms with van der Waals surface area (Å²) in [6.07, 6.45) is 0.821. The Morgan fingerprint density at radius 1 is 1.42 bits per heavy atom. The van der Waals surface area contributed by atoms with Crippen molar-refractivity contribution in [2.75, 3.05) is 26.2 Å². The van der Waals surface area contributed by atoms with Crippen LogP contribution in [0.25, 0.3) is 0 Å². The predicted molar refractivity (Wildman–Crippen MR) is 72.6 cm³/mol.